The minimum Gasteiger partial charge on any atom is -0.493 e. The smallest absolute Gasteiger partial charge is 0.379 e. The van der Waals surface area contributed by atoms with Crippen molar-refractivity contribution in [2.75, 3.05) is 7.11 Å². The van der Waals surface area contributed by atoms with Crippen molar-refractivity contribution in [2.45, 2.75) is 0 Å². The fourth-order valence-electron chi connectivity index (χ4n) is 2.69. The largest absolute Gasteiger partial charge is 0.493 e. The van der Waals surface area contributed by atoms with Crippen LogP contribution in [0, 0.1) is 0 Å². The third-order valence-corrected chi connectivity index (χ3v) is 5.37. The summed E-state index contributed by atoms with van der Waals surface area (Å²) in [6.45, 7) is 0. The van der Waals surface area contributed by atoms with E-state index in [0.717, 1.165) is 0 Å². The van der Waals surface area contributed by atoms with Crippen molar-refractivity contribution in [2.24, 2.45) is 4.99 Å². The quantitative estimate of drug-likeness (QED) is 0.329. The van der Waals surface area contributed by atoms with Crippen LogP contribution in [-0.2, 0) is 4.79 Å². The van der Waals surface area contributed by atoms with Gasteiger partial charge in [-0.3, -0.25) is 4.79 Å². The van der Waals surface area contributed by atoms with Gasteiger partial charge in [-0.05, 0) is 59.8 Å². The highest BCUT2D eigenvalue weighted by atomic mass is 35.5. The number of ether oxygens (including phenoxy) is 2. The van der Waals surface area contributed by atoms with Crippen LogP contribution in [0.2, 0.25) is 5.02 Å². The molecular weight excluding hydrogens is 440 g/mol. The normalized spacial score (nSPS) is 15.9. The van der Waals surface area contributed by atoms with Crippen LogP contribution in [0.1, 0.15) is 16.1 Å². The SMILES string of the molecule is COc1cc(/C=C2/SC(=Nc3ccccc3Cl)NC2=O)ccc1OC(=O)c1ccco1. The van der Waals surface area contributed by atoms with Crippen LogP contribution in [0.5, 0.6) is 11.5 Å². The van der Waals surface area contributed by atoms with Crippen molar-refractivity contribution in [3.63, 3.8) is 0 Å². The van der Waals surface area contributed by atoms with Gasteiger partial charge in [-0.1, -0.05) is 29.8 Å². The fraction of sp³-hybridized carbons (Fsp3) is 0.0455. The predicted molar refractivity (Wildman–Crippen MR) is 119 cm³/mol. The molecule has 4 rings (SSSR count). The highest BCUT2D eigenvalue weighted by Gasteiger charge is 2.24. The van der Waals surface area contributed by atoms with E-state index >= 15 is 0 Å². The van der Waals surface area contributed by atoms with Crippen LogP contribution in [0.4, 0.5) is 5.69 Å². The highest BCUT2D eigenvalue weighted by Crippen LogP contribution is 2.33. The number of amides is 1. The maximum atomic E-state index is 12.3. The van der Waals surface area contributed by atoms with Gasteiger partial charge in [0.15, 0.2) is 16.7 Å². The van der Waals surface area contributed by atoms with Crippen molar-refractivity contribution in [1.82, 2.24) is 5.32 Å². The van der Waals surface area contributed by atoms with Gasteiger partial charge in [0, 0.05) is 0 Å². The number of amidine groups is 1. The van der Waals surface area contributed by atoms with E-state index in [0.29, 0.717) is 32.1 Å². The van der Waals surface area contributed by atoms with Gasteiger partial charge in [0.2, 0.25) is 5.76 Å². The monoisotopic (exact) mass is 454 g/mol. The molecule has 1 aliphatic rings. The standard InChI is InChI=1S/C22H15ClN2O5S/c1-28-18-11-13(8-9-16(18)30-21(27)17-7-4-10-29-17)12-19-20(26)25-22(31-19)24-15-6-3-2-5-14(15)23/h2-12H,1H3,(H,24,25,26)/b19-12+. The first-order valence-corrected chi connectivity index (χ1v) is 10.2. The molecule has 0 spiro atoms. The van der Waals surface area contributed by atoms with Gasteiger partial charge in [0.25, 0.3) is 5.91 Å². The van der Waals surface area contributed by atoms with E-state index < -0.39 is 5.97 Å². The zero-order valence-electron chi connectivity index (χ0n) is 16.1. The van der Waals surface area contributed by atoms with Crippen molar-refractivity contribution in [3.05, 3.63) is 82.1 Å². The van der Waals surface area contributed by atoms with E-state index in [4.69, 9.17) is 25.5 Å². The van der Waals surface area contributed by atoms with Crippen molar-refractivity contribution >= 4 is 52.2 Å². The van der Waals surface area contributed by atoms with Crippen LogP contribution in [0.15, 0.2) is 75.2 Å². The molecule has 0 unspecified atom stereocenters. The number of carbonyl (C=O) groups excluding carboxylic acids is 2. The number of rotatable bonds is 5. The summed E-state index contributed by atoms with van der Waals surface area (Å²) in [7, 11) is 1.46. The Hall–Kier alpha value is -3.49. The lowest BCUT2D eigenvalue weighted by molar-refractivity contribution is -0.115. The Labute approximate surface area is 186 Å². The second kappa shape index (κ2) is 9.11. The molecule has 0 saturated carbocycles. The molecule has 1 fully saturated rings. The zero-order valence-corrected chi connectivity index (χ0v) is 17.7. The first kappa shape index (κ1) is 20.8. The van der Waals surface area contributed by atoms with Crippen molar-refractivity contribution in [1.29, 1.82) is 0 Å². The highest BCUT2D eigenvalue weighted by molar-refractivity contribution is 8.18. The van der Waals surface area contributed by atoms with Gasteiger partial charge in [0.1, 0.15) is 0 Å². The van der Waals surface area contributed by atoms with Gasteiger partial charge in [0.05, 0.1) is 29.0 Å². The summed E-state index contributed by atoms with van der Waals surface area (Å²) >= 11 is 7.32. The topological polar surface area (TPSA) is 90.1 Å². The molecule has 156 valence electrons. The fourth-order valence-corrected chi connectivity index (χ4v) is 3.70. The molecule has 1 saturated heterocycles. The van der Waals surface area contributed by atoms with Crippen LogP contribution in [0.3, 0.4) is 0 Å². The van der Waals surface area contributed by atoms with E-state index in [9.17, 15) is 9.59 Å². The maximum absolute atomic E-state index is 12.3. The summed E-state index contributed by atoms with van der Waals surface area (Å²) in [5, 5.41) is 3.64. The molecule has 1 amide bonds. The molecule has 2 heterocycles. The van der Waals surface area contributed by atoms with E-state index in [1.165, 1.54) is 31.2 Å². The summed E-state index contributed by atoms with van der Waals surface area (Å²) in [5.41, 5.74) is 1.25. The van der Waals surface area contributed by atoms with Crippen LogP contribution < -0.4 is 14.8 Å². The Bertz CT molecular complexity index is 1200. The average Bonchev–Trinajstić information content (AvgIpc) is 3.41. The number of hydrogen-bond acceptors (Lipinski definition) is 7. The molecule has 31 heavy (non-hydrogen) atoms. The lowest BCUT2D eigenvalue weighted by atomic mass is 10.2. The number of benzene rings is 2. The summed E-state index contributed by atoms with van der Waals surface area (Å²) in [6.07, 6.45) is 3.08. The molecular formula is C22H15ClN2O5S. The maximum Gasteiger partial charge on any atom is 0.379 e. The Kier molecular flexibility index (Phi) is 6.11. The van der Waals surface area contributed by atoms with Gasteiger partial charge >= 0.3 is 5.97 Å². The minimum atomic E-state index is -0.638. The first-order valence-electron chi connectivity index (χ1n) is 9.01. The second-order valence-corrected chi connectivity index (χ2v) is 7.65. The van der Waals surface area contributed by atoms with E-state index in [1.807, 2.05) is 6.07 Å². The Balaban J connectivity index is 1.54. The number of methoxy groups -OCH3 is 1. The van der Waals surface area contributed by atoms with Crippen LogP contribution in [0.25, 0.3) is 6.08 Å². The molecule has 2 aromatic carbocycles. The molecule has 1 aromatic heterocycles. The molecule has 7 nitrogen and oxygen atoms in total. The summed E-state index contributed by atoms with van der Waals surface area (Å²) in [4.78, 5) is 29.3. The van der Waals surface area contributed by atoms with Crippen LogP contribution >= 0.6 is 23.4 Å². The first-order chi connectivity index (χ1) is 15.0. The number of thioether (sulfide) groups is 1. The number of halogens is 1. The summed E-state index contributed by atoms with van der Waals surface area (Å²) in [5.74, 6) is -0.264. The predicted octanol–water partition coefficient (Wildman–Crippen LogP) is 5.05. The lowest BCUT2D eigenvalue weighted by Gasteiger charge is -2.09. The number of hydrogen-bond donors (Lipinski definition) is 1. The molecule has 0 radical (unpaired) electrons. The zero-order chi connectivity index (χ0) is 21.8. The minimum absolute atomic E-state index is 0.0811. The van der Waals surface area contributed by atoms with E-state index in [2.05, 4.69) is 10.3 Å². The van der Waals surface area contributed by atoms with Crippen LogP contribution in [-0.4, -0.2) is 24.2 Å². The lowest BCUT2D eigenvalue weighted by Crippen LogP contribution is -2.19. The van der Waals surface area contributed by atoms with Gasteiger partial charge in [-0.2, -0.15) is 0 Å². The molecule has 0 atom stereocenters. The molecule has 3 aromatic rings. The average molecular weight is 455 g/mol. The number of nitrogens with one attached hydrogen (secondary N) is 1. The van der Waals surface area contributed by atoms with E-state index in [-0.39, 0.29) is 17.4 Å². The second-order valence-electron chi connectivity index (χ2n) is 6.21. The van der Waals surface area contributed by atoms with Crippen molar-refractivity contribution < 1.29 is 23.5 Å². The molecule has 0 aliphatic carbocycles. The third kappa shape index (κ3) is 4.82. The van der Waals surface area contributed by atoms with E-state index in [1.54, 1.807) is 48.5 Å². The number of nitrogens with zero attached hydrogens (tertiary/aromatic N) is 1. The van der Waals surface area contributed by atoms with Crippen molar-refractivity contribution in [3.8, 4) is 11.5 Å². The number of furan rings is 1. The van der Waals surface area contributed by atoms with Gasteiger partial charge in [-0.25, -0.2) is 9.79 Å². The number of carbonyl (C=O) groups is 2. The molecule has 1 aliphatic heterocycles. The Morgan fingerprint density at radius 3 is 2.74 bits per heavy atom. The number of para-hydroxylation sites is 1. The third-order valence-electron chi connectivity index (χ3n) is 4.14. The number of aliphatic imine (C=N–C) groups is 1. The Morgan fingerprint density at radius 2 is 2.00 bits per heavy atom. The number of esters is 1. The van der Waals surface area contributed by atoms with Gasteiger partial charge < -0.3 is 19.2 Å². The molecule has 1 N–H and O–H groups in total. The molecule has 0 bridgehead atoms. The summed E-state index contributed by atoms with van der Waals surface area (Å²) < 4.78 is 15.7. The molecule has 9 heteroatoms. The Morgan fingerprint density at radius 1 is 1.16 bits per heavy atom. The van der Waals surface area contributed by atoms with Gasteiger partial charge in [-0.15, -0.1) is 0 Å². The summed E-state index contributed by atoms with van der Waals surface area (Å²) in [6, 6.07) is 15.2.